The molecule has 4 heavy (non-hydrogen) atoms. The second kappa shape index (κ2) is 16.0. The van der Waals surface area contributed by atoms with Gasteiger partial charge in [0.25, 0.3) is 0 Å². The molecule has 0 unspecified atom stereocenters. The van der Waals surface area contributed by atoms with Gasteiger partial charge in [0.05, 0.1) is 0 Å². The minimum absolute atomic E-state index is 0. The predicted octanol–water partition coefficient (Wildman–Crippen LogP) is -0.656. The summed E-state index contributed by atoms with van der Waals surface area (Å²) in [6.07, 6.45) is 0. The van der Waals surface area contributed by atoms with Gasteiger partial charge in [-0.1, -0.05) is 0 Å². The number of rotatable bonds is 0. The molecule has 0 N–H and O–H groups in total. The van der Waals surface area contributed by atoms with Gasteiger partial charge in [-0.3, -0.25) is 0 Å². The third-order valence-electron chi connectivity index (χ3n) is 0. The van der Waals surface area contributed by atoms with Crippen LogP contribution in [-0.4, -0.2) is 68.9 Å². The molecule has 0 nitrogen and oxygen atoms in total. The largest absolute Gasteiger partial charge is 0 e. The van der Waals surface area contributed by atoms with E-state index < -0.39 is 0 Å². The van der Waals surface area contributed by atoms with Crippen LogP contribution in [-0.2, 0) is 51.2 Å². The van der Waals surface area contributed by atoms with E-state index in [9.17, 15) is 0 Å². The Morgan fingerprint density at radius 3 is 1.00 bits per heavy atom. The fourth-order valence-electron chi connectivity index (χ4n) is 0. The van der Waals surface area contributed by atoms with Gasteiger partial charge < -0.3 is 0 Å². The minimum Gasteiger partial charge on any atom is 0 e. The van der Waals surface area contributed by atoms with E-state index in [1.165, 1.54) is 0 Å². The van der Waals surface area contributed by atoms with Crippen molar-refractivity contribution >= 4 is 68.9 Å². The van der Waals surface area contributed by atoms with Gasteiger partial charge in [0.15, 0.2) is 0 Å². The van der Waals surface area contributed by atoms with E-state index >= 15 is 0 Å². The van der Waals surface area contributed by atoms with Gasteiger partial charge in [0, 0.05) is 51.2 Å². The van der Waals surface area contributed by atoms with Crippen LogP contribution in [0.2, 0.25) is 0 Å². The molecule has 0 aliphatic rings. The molecular weight excluding hydrogens is 307 g/mol. The van der Waals surface area contributed by atoms with E-state index in [0.717, 1.165) is 0 Å². The molecule has 4 heteroatoms. The van der Waals surface area contributed by atoms with E-state index in [1.54, 1.807) is 0 Å². The quantitative estimate of drug-likeness (QED) is 0.522. The maximum absolute atomic E-state index is 0. The Morgan fingerprint density at radius 2 is 1.00 bits per heavy atom. The average molecular weight is 308 g/mol. The van der Waals surface area contributed by atoms with Crippen molar-refractivity contribution in [2.24, 2.45) is 0 Å². The minimum atomic E-state index is 0. The molecule has 0 aliphatic carbocycles. The normalized spacial score (nSPS) is 0. The summed E-state index contributed by atoms with van der Waals surface area (Å²) in [6, 6.07) is 0. The van der Waals surface area contributed by atoms with E-state index in [-0.39, 0.29) is 120 Å². The van der Waals surface area contributed by atoms with Crippen LogP contribution in [0.25, 0.3) is 0 Å². The molecule has 28 valence electrons. The Morgan fingerprint density at radius 1 is 1.00 bits per heavy atom. The van der Waals surface area contributed by atoms with E-state index in [4.69, 9.17) is 0 Å². The summed E-state index contributed by atoms with van der Waals surface area (Å²) in [6.45, 7) is 0. The standard InChI is InChI=1S/Co.Cr.Cs.Cu.H. The summed E-state index contributed by atoms with van der Waals surface area (Å²) in [4.78, 5) is 0. The molecule has 0 atom stereocenters. The maximum atomic E-state index is 0. The molecule has 2 radical (unpaired) electrons. The van der Waals surface area contributed by atoms with Crippen molar-refractivity contribution < 1.29 is 51.2 Å². The van der Waals surface area contributed by atoms with Crippen molar-refractivity contribution in [3.8, 4) is 0 Å². The SMILES string of the molecule is [Co].[Cr].[CsH].[Cu]. The predicted molar refractivity (Wildman–Crippen MR) is 7.15 cm³/mol. The van der Waals surface area contributed by atoms with E-state index in [2.05, 4.69) is 0 Å². The summed E-state index contributed by atoms with van der Waals surface area (Å²) in [5.41, 5.74) is 0. The molecule has 0 aromatic carbocycles. The van der Waals surface area contributed by atoms with Crippen LogP contribution in [0.1, 0.15) is 0 Å². The zero-order valence-corrected chi connectivity index (χ0v) is 4.30. The summed E-state index contributed by atoms with van der Waals surface area (Å²) in [5, 5.41) is 0. The van der Waals surface area contributed by atoms with Crippen LogP contribution in [0.3, 0.4) is 0 Å². The number of hydrogen-bond donors (Lipinski definition) is 0. The Kier molecular flexibility index (Phi) is 102. The maximum Gasteiger partial charge on any atom is 0 e. The second-order valence-electron chi connectivity index (χ2n) is 0. The molecule has 0 saturated heterocycles. The molecule has 0 fully saturated rings. The molecule has 0 aliphatic heterocycles. The zero-order chi connectivity index (χ0) is 0. The van der Waals surface area contributed by atoms with E-state index in [1.807, 2.05) is 0 Å². The average Bonchev–Trinajstić information content (AvgIpc) is 0. The smallest absolute Gasteiger partial charge is 0 e. The fourth-order valence-corrected chi connectivity index (χ4v) is 0. The van der Waals surface area contributed by atoms with Gasteiger partial charge in [-0.25, -0.2) is 0 Å². The van der Waals surface area contributed by atoms with Gasteiger partial charge >= 0.3 is 68.9 Å². The third-order valence-corrected chi connectivity index (χ3v) is 0. The molecule has 0 heterocycles. The molecule has 0 bridgehead atoms. The van der Waals surface area contributed by atoms with Crippen molar-refractivity contribution in [2.75, 3.05) is 0 Å². The Balaban J connectivity index is 0. The van der Waals surface area contributed by atoms with Crippen LogP contribution in [0.4, 0.5) is 0 Å². The van der Waals surface area contributed by atoms with Crippen LogP contribution < -0.4 is 0 Å². The first kappa shape index (κ1) is 25.5. The molecule has 0 spiro atoms. The third kappa shape index (κ3) is 9.15. The Bertz CT molecular complexity index is 8.00. The van der Waals surface area contributed by atoms with Crippen LogP contribution in [0, 0.1) is 0 Å². The van der Waals surface area contributed by atoms with Gasteiger partial charge in [-0.15, -0.1) is 0 Å². The molecule has 0 saturated carbocycles. The monoisotopic (exact) mass is 308 g/mol. The van der Waals surface area contributed by atoms with Gasteiger partial charge in [-0.05, 0) is 0 Å². The Hall–Kier alpha value is 3.61. The fraction of sp³-hybridized carbons (Fsp3) is 0. The molecule has 0 aromatic rings. The van der Waals surface area contributed by atoms with Crippen molar-refractivity contribution in [1.29, 1.82) is 0 Å². The van der Waals surface area contributed by atoms with E-state index in [0.29, 0.717) is 0 Å². The summed E-state index contributed by atoms with van der Waals surface area (Å²) < 4.78 is 0. The summed E-state index contributed by atoms with van der Waals surface area (Å²) in [5.74, 6) is 0. The summed E-state index contributed by atoms with van der Waals surface area (Å²) in [7, 11) is 0. The van der Waals surface area contributed by atoms with Crippen molar-refractivity contribution in [3.63, 3.8) is 0 Å². The first-order valence-corrected chi connectivity index (χ1v) is 0. The summed E-state index contributed by atoms with van der Waals surface area (Å²) >= 11 is 0. The van der Waals surface area contributed by atoms with Crippen LogP contribution >= 0.6 is 0 Å². The van der Waals surface area contributed by atoms with Crippen molar-refractivity contribution in [1.82, 2.24) is 0 Å². The number of hydrogen-bond acceptors (Lipinski definition) is 0. The Labute approximate surface area is 116 Å². The van der Waals surface area contributed by atoms with Crippen LogP contribution in [0.15, 0.2) is 0 Å². The molecule has 0 rings (SSSR count). The topological polar surface area (TPSA) is 0 Å². The van der Waals surface area contributed by atoms with Crippen LogP contribution in [0.5, 0.6) is 0 Å². The van der Waals surface area contributed by atoms with Crippen molar-refractivity contribution in [3.05, 3.63) is 0 Å². The zero-order valence-electron chi connectivity index (χ0n) is 1.04. The van der Waals surface area contributed by atoms with Crippen molar-refractivity contribution in [2.45, 2.75) is 0 Å². The molecule has 0 aromatic heterocycles. The van der Waals surface area contributed by atoms with Gasteiger partial charge in [0.1, 0.15) is 0 Å². The first-order valence-electron chi connectivity index (χ1n) is 0. The van der Waals surface area contributed by atoms with Gasteiger partial charge in [-0.2, -0.15) is 0 Å². The molecular formula is HCoCrCsCu. The molecule has 0 amide bonds. The first-order chi connectivity index (χ1) is 0. The van der Waals surface area contributed by atoms with Gasteiger partial charge in [0.2, 0.25) is 0 Å². The second-order valence-corrected chi connectivity index (χ2v) is 0.